The number of Topliss-reactive ketones (excluding diaryl/α,β-unsaturated/α-hetero) is 1. The van der Waals surface area contributed by atoms with Gasteiger partial charge in [0.2, 0.25) is 0 Å². The van der Waals surface area contributed by atoms with E-state index in [0.717, 1.165) is 0 Å². The second-order valence-electron chi connectivity index (χ2n) is 2.31. The number of hydrogen-bond acceptors (Lipinski definition) is 6. The molecule has 0 saturated heterocycles. The molecule has 3 unspecified atom stereocenters. The number of rotatable bonds is 5. The molecule has 13 heavy (non-hydrogen) atoms. The molecule has 0 fully saturated rings. The van der Waals surface area contributed by atoms with Gasteiger partial charge >= 0.3 is 0 Å². The summed E-state index contributed by atoms with van der Waals surface area (Å²) in [4.78, 5) is 10.5. The summed E-state index contributed by atoms with van der Waals surface area (Å²) in [7, 11) is 0. The Kier molecular flexibility index (Phi) is 8.53. The van der Waals surface area contributed by atoms with Crippen LogP contribution in [0, 0.1) is 0 Å². The van der Waals surface area contributed by atoms with Gasteiger partial charge in [0.25, 0.3) is 0 Å². The highest BCUT2D eigenvalue weighted by Gasteiger charge is 2.28. The Bertz CT molecular complexity index is 152. The van der Waals surface area contributed by atoms with Crippen LogP contribution in [-0.4, -0.2) is 62.8 Å². The fourth-order valence-corrected chi connectivity index (χ4v) is 0.602. The molecule has 0 amide bonds. The first-order valence-corrected chi connectivity index (χ1v) is 3.33. The highest BCUT2D eigenvalue weighted by atomic mass is 32.1. The Labute approximate surface area is 81.9 Å². The van der Waals surface area contributed by atoms with Gasteiger partial charge < -0.3 is 25.5 Å². The van der Waals surface area contributed by atoms with Crippen molar-refractivity contribution < 1.29 is 30.3 Å². The maximum Gasteiger partial charge on any atom is 0.189 e. The zero-order chi connectivity index (χ0) is 9.72. The molecular weight excluding hydrogens is 200 g/mol. The molecule has 0 aliphatic heterocycles. The van der Waals surface area contributed by atoms with Gasteiger partial charge in [-0.3, -0.25) is 4.79 Å². The summed E-state index contributed by atoms with van der Waals surface area (Å²) in [5, 5.41) is 43.1. The Balaban J connectivity index is 0. The van der Waals surface area contributed by atoms with E-state index in [1.165, 1.54) is 0 Å². The number of aliphatic hydroxyl groups is 5. The van der Waals surface area contributed by atoms with Gasteiger partial charge in [-0.1, -0.05) is 0 Å². The van der Waals surface area contributed by atoms with Gasteiger partial charge in [-0.25, -0.2) is 0 Å². The largest absolute Gasteiger partial charge is 0.394 e. The standard InChI is InChI=1S/C6H12O6.H2S/c7-1-3(9)5(11)6(12)4(10)2-8;/h3,5-9,11-12H,1-2H2;1H2. The molecule has 0 spiro atoms. The van der Waals surface area contributed by atoms with Crippen LogP contribution in [0.15, 0.2) is 0 Å². The molecule has 0 aliphatic rings. The molecule has 0 aromatic rings. The third-order valence-corrected chi connectivity index (χ3v) is 1.39. The van der Waals surface area contributed by atoms with E-state index in [2.05, 4.69) is 0 Å². The molecule has 0 radical (unpaired) electrons. The lowest BCUT2D eigenvalue weighted by Gasteiger charge is -2.19. The van der Waals surface area contributed by atoms with Crippen molar-refractivity contribution in [3.63, 3.8) is 0 Å². The van der Waals surface area contributed by atoms with Crippen molar-refractivity contribution in [1.82, 2.24) is 0 Å². The highest BCUT2D eigenvalue weighted by Crippen LogP contribution is 2.00. The van der Waals surface area contributed by atoms with E-state index in [9.17, 15) is 4.79 Å². The summed E-state index contributed by atoms with van der Waals surface area (Å²) >= 11 is 0. The summed E-state index contributed by atoms with van der Waals surface area (Å²) in [5.41, 5.74) is 0. The monoisotopic (exact) mass is 214 g/mol. The van der Waals surface area contributed by atoms with Crippen LogP contribution < -0.4 is 0 Å². The van der Waals surface area contributed by atoms with Crippen LogP contribution in [-0.2, 0) is 4.79 Å². The molecule has 80 valence electrons. The molecule has 0 heterocycles. The number of carbonyl (C=O) groups is 1. The normalized spacial score (nSPS) is 17.0. The van der Waals surface area contributed by atoms with Crippen molar-refractivity contribution in [3.8, 4) is 0 Å². The summed E-state index contributed by atoms with van der Waals surface area (Å²) in [6.07, 6.45) is -5.22. The quantitative estimate of drug-likeness (QED) is 0.328. The second-order valence-corrected chi connectivity index (χ2v) is 2.31. The van der Waals surface area contributed by atoms with E-state index in [0.29, 0.717) is 0 Å². The minimum atomic E-state index is -1.86. The van der Waals surface area contributed by atoms with Crippen LogP contribution in [0.3, 0.4) is 0 Å². The van der Waals surface area contributed by atoms with Crippen molar-refractivity contribution in [2.45, 2.75) is 18.3 Å². The predicted octanol–water partition coefficient (Wildman–Crippen LogP) is -3.26. The number of carbonyl (C=O) groups excluding carboxylic acids is 1. The van der Waals surface area contributed by atoms with Crippen LogP contribution in [0.2, 0.25) is 0 Å². The topological polar surface area (TPSA) is 118 Å². The van der Waals surface area contributed by atoms with E-state index in [4.69, 9.17) is 25.5 Å². The molecule has 0 rings (SSSR count). The first-order chi connectivity index (χ1) is 5.54. The zero-order valence-electron chi connectivity index (χ0n) is 6.79. The smallest absolute Gasteiger partial charge is 0.189 e. The average Bonchev–Trinajstić information content (AvgIpc) is 2.12. The van der Waals surface area contributed by atoms with E-state index < -0.39 is 37.3 Å². The molecule has 6 nitrogen and oxygen atoms in total. The molecule has 7 heteroatoms. The minimum Gasteiger partial charge on any atom is -0.394 e. The SMILES string of the molecule is O=C(CO)C(O)C(O)C(O)CO.S. The van der Waals surface area contributed by atoms with E-state index in [-0.39, 0.29) is 13.5 Å². The lowest BCUT2D eigenvalue weighted by molar-refractivity contribution is -0.142. The molecule has 0 saturated carbocycles. The maximum atomic E-state index is 10.5. The average molecular weight is 214 g/mol. The Morgan fingerprint density at radius 2 is 1.62 bits per heavy atom. The van der Waals surface area contributed by atoms with E-state index >= 15 is 0 Å². The van der Waals surface area contributed by atoms with Gasteiger partial charge in [-0.2, -0.15) is 13.5 Å². The van der Waals surface area contributed by atoms with Gasteiger partial charge in [0, 0.05) is 0 Å². The first-order valence-electron chi connectivity index (χ1n) is 3.33. The highest BCUT2D eigenvalue weighted by molar-refractivity contribution is 7.59. The Morgan fingerprint density at radius 1 is 1.15 bits per heavy atom. The Hall–Kier alpha value is -0.180. The zero-order valence-corrected chi connectivity index (χ0v) is 7.79. The van der Waals surface area contributed by atoms with E-state index in [1.54, 1.807) is 0 Å². The van der Waals surface area contributed by atoms with Crippen LogP contribution in [0.25, 0.3) is 0 Å². The molecule has 0 aromatic carbocycles. The molecule has 0 aliphatic carbocycles. The van der Waals surface area contributed by atoms with Crippen LogP contribution in [0.1, 0.15) is 0 Å². The summed E-state index contributed by atoms with van der Waals surface area (Å²) in [6.45, 7) is -1.69. The fourth-order valence-electron chi connectivity index (χ4n) is 0.602. The lowest BCUT2D eigenvalue weighted by Crippen LogP contribution is -2.44. The van der Waals surface area contributed by atoms with E-state index in [1.807, 2.05) is 0 Å². The van der Waals surface area contributed by atoms with Crippen molar-refractivity contribution >= 4 is 19.3 Å². The molecule has 0 aromatic heterocycles. The van der Waals surface area contributed by atoms with Crippen molar-refractivity contribution in [3.05, 3.63) is 0 Å². The Morgan fingerprint density at radius 3 is 1.92 bits per heavy atom. The lowest BCUT2D eigenvalue weighted by atomic mass is 10.1. The second kappa shape index (κ2) is 7.25. The third kappa shape index (κ3) is 4.55. The van der Waals surface area contributed by atoms with Crippen molar-refractivity contribution in [2.75, 3.05) is 13.2 Å². The molecule has 3 atom stereocenters. The van der Waals surface area contributed by atoms with Gasteiger partial charge in [0.05, 0.1) is 6.61 Å². The van der Waals surface area contributed by atoms with Gasteiger partial charge in [0.1, 0.15) is 24.9 Å². The number of ketones is 1. The van der Waals surface area contributed by atoms with Crippen LogP contribution in [0.5, 0.6) is 0 Å². The predicted molar refractivity (Wildman–Crippen MR) is 47.6 cm³/mol. The van der Waals surface area contributed by atoms with Crippen LogP contribution >= 0.6 is 13.5 Å². The maximum absolute atomic E-state index is 10.5. The third-order valence-electron chi connectivity index (χ3n) is 1.39. The molecule has 5 N–H and O–H groups in total. The van der Waals surface area contributed by atoms with Crippen molar-refractivity contribution in [2.24, 2.45) is 0 Å². The number of hydrogen-bond donors (Lipinski definition) is 5. The van der Waals surface area contributed by atoms with Gasteiger partial charge in [-0.05, 0) is 0 Å². The minimum absolute atomic E-state index is 0. The number of aliphatic hydroxyl groups excluding tert-OH is 5. The van der Waals surface area contributed by atoms with Gasteiger partial charge in [-0.15, -0.1) is 0 Å². The molecular formula is C6H14O6S. The summed E-state index contributed by atoms with van der Waals surface area (Å²) in [5.74, 6) is -1.00. The van der Waals surface area contributed by atoms with Gasteiger partial charge in [0.15, 0.2) is 5.78 Å². The first kappa shape index (κ1) is 15.3. The summed E-state index contributed by atoms with van der Waals surface area (Å²) < 4.78 is 0. The van der Waals surface area contributed by atoms with Crippen LogP contribution in [0.4, 0.5) is 0 Å². The summed E-state index contributed by atoms with van der Waals surface area (Å²) in [6, 6.07) is 0. The van der Waals surface area contributed by atoms with Crippen molar-refractivity contribution in [1.29, 1.82) is 0 Å². The molecule has 0 bridgehead atoms. The fraction of sp³-hybridized carbons (Fsp3) is 0.833.